The molecule has 0 aliphatic heterocycles. The molecule has 0 unspecified atom stereocenters. The van der Waals surface area contributed by atoms with Gasteiger partial charge in [-0.2, -0.15) is 5.10 Å². The van der Waals surface area contributed by atoms with Crippen LogP contribution in [-0.2, 0) is 13.6 Å². The third-order valence-electron chi connectivity index (χ3n) is 1.16. The van der Waals surface area contributed by atoms with Crippen LogP contribution in [0, 0.1) is 0 Å². The van der Waals surface area contributed by atoms with E-state index in [0.717, 1.165) is 5.69 Å². The zero-order valence-electron chi connectivity index (χ0n) is 5.54. The van der Waals surface area contributed by atoms with Crippen molar-refractivity contribution in [3.05, 3.63) is 16.9 Å². The van der Waals surface area contributed by atoms with Crippen LogP contribution in [0.15, 0.2) is 6.07 Å². The third-order valence-corrected chi connectivity index (χ3v) is 1.34. The Balaban J connectivity index is 0.000000810. The fraction of sp³-hybridized carbons (Fsp3) is 0.400. The minimum atomic E-state index is 0. The molecule has 0 aliphatic carbocycles. The molecule has 1 aromatic rings. The molecule has 1 heterocycles. The van der Waals surface area contributed by atoms with Gasteiger partial charge in [-0.25, -0.2) is 0 Å². The number of halogens is 2. The summed E-state index contributed by atoms with van der Waals surface area (Å²) in [6.07, 6.45) is 0. The molecule has 0 saturated carbocycles. The lowest BCUT2D eigenvalue weighted by Crippen LogP contribution is -2.03. The molecule has 1 rings (SSSR count). The number of hydrogen-bond donors (Lipinski definition) is 1. The molecule has 5 heteroatoms. The molecule has 2 N–H and O–H groups in total. The second-order valence-electron chi connectivity index (χ2n) is 1.79. The maximum atomic E-state index is 5.56. The Morgan fingerprint density at radius 3 is 2.60 bits per heavy atom. The summed E-state index contributed by atoms with van der Waals surface area (Å²) in [5.41, 5.74) is 6.29. The first-order chi connectivity index (χ1) is 4.24. The van der Waals surface area contributed by atoms with E-state index in [1.807, 2.05) is 7.05 Å². The van der Waals surface area contributed by atoms with Crippen LogP contribution in [0.25, 0.3) is 0 Å². The minimum absolute atomic E-state index is 0. The van der Waals surface area contributed by atoms with Gasteiger partial charge in [-0.15, -0.1) is 12.4 Å². The summed E-state index contributed by atoms with van der Waals surface area (Å²) < 4.78 is 1.67. The molecule has 1 aromatic heterocycles. The topological polar surface area (TPSA) is 43.8 Å². The lowest BCUT2D eigenvalue weighted by atomic mass is 10.4. The molecule has 0 spiro atoms. The zero-order valence-corrected chi connectivity index (χ0v) is 7.11. The molecule has 0 aliphatic rings. The van der Waals surface area contributed by atoms with Gasteiger partial charge in [0, 0.05) is 13.6 Å². The number of aromatic nitrogens is 2. The summed E-state index contributed by atoms with van der Waals surface area (Å²) in [4.78, 5) is 0. The van der Waals surface area contributed by atoms with Crippen LogP contribution in [0.1, 0.15) is 5.69 Å². The average molecular weight is 182 g/mol. The first-order valence-electron chi connectivity index (χ1n) is 2.62. The van der Waals surface area contributed by atoms with E-state index in [1.54, 1.807) is 10.7 Å². The van der Waals surface area contributed by atoms with Crippen molar-refractivity contribution in [2.45, 2.75) is 6.54 Å². The van der Waals surface area contributed by atoms with E-state index in [-0.39, 0.29) is 12.4 Å². The van der Waals surface area contributed by atoms with Crippen molar-refractivity contribution in [1.82, 2.24) is 9.78 Å². The highest BCUT2D eigenvalue weighted by molar-refractivity contribution is 6.29. The number of nitrogens with zero attached hydrogens (tertiary/aromatic N) is 2. The predicted molar refractivity (Wildman–Crippen MR) is 43.4 cm³/mol. The van der Waals surface area contributed by atoms with Gasteiger partial charge in [-0.3, -0.25) is 4.68 Å². The van der Waals surface area contributed by atoms with Crippen molar-refractivity contribution >= 4 is 24.0 Å². The Bertz CT molecular complexity index is 209. The van der Waals surface area contributed by atoms with Gasteiger partial charge in [0.2, 0.25) is 0 Å². The summed E-state index contributed by atoms with van der Waals surface area (Å²) >= 11 is 5.56. The molecule has 0 bridgehead atoms. The van der Waals surface area contributed by atoms with Gasteiger partial charge >= 0.3 is 0 Å². The second kappa shape index (κ2) is 3.81. The number of rotatable bonds is 1. The standard InChI is InChI=1S/C5H8ClN3.ClH/c1-9-4(3-7)2-5(6)8-9;/h2H,3,7H2,1H3;1H. The van der Waals surface area contributed by atoms with Crippen LogP contribution in [0.4, 0.5) is 0 Å². The van der Waals surface area contributed by atoms with Gasteiger partial charge in [0.15, 0.2) is 5.15 Å². The summed E-state index contributed by atoms with van der Waals surface area (Å²) in [6.45, 7) is 0.482. The molecular formula is C5H9Cl2N3. The van der Waals surface area contributed by atoms with E-state index < -0.39 is 0 Å². The maximum absolute atomic E-state index is 5.56. The monoisotopic (exact) mass is 181 g/mol. The van der Waals surface area contributed by atoms with E-state index in [4.69, 9.17) is 17.3 Å². The Kier molecular flexibility index (Phi) is 3.71. The predicted octanol–water partition coefficient (Wildman–Crippen LogP) is 0.954. The Hall–Kier alpha value is -0.250. The van der Waals surface area contributed by atoms with Crippen molar-refractivity contribution in [3.8, 4) is 0 Å². The Morgan fingerprint density at radius 1 is 1.80 bits per heavy atom. The molecule has 3 nitrogen and oxygen atoms in total. The second-order valence-corrected chi connectivity index (χ2v) is 2.17. The molecule has 0 aromatic carbocycles. The number of aryl methyl sites for hydroxylation is 1. The summed E-state index contributed by atoms with van der Waals surface area (Å²) in [5, 5.41) is 4.38. The van der Waals surface area contributed by atoms with E-state index in [2.05, 4.69) is 5.10 Å². The molecule has 0 fully saturated rings. The maximum Gasteiger partial charge on any atom is 0.151 e. The van der Waals surface area contributed by atoms with Crippen LogP contribution >= 0.6 is 24.0 Å². The van der Waals surface area contributed by atoms with Gasteiger partial charge in [0.1, 0.15) is 0 Å². The van der Waals surface area contributed by atoms with E-state index in [0.29, 0.717) is 11.7 Å². The molecule has 10 heavy (non-hydrogen) atoms. The minimum Gasteiger partial charge on any atom is -0.325 e. The fourth-order valence-electron chi connectivity index (χ4n) is 0.658. The highest BCUT2D eigenvalue weighted by atomic mass is 35.5. The normalized spacial score (nSPS) is 9.10. The first-order valence-corrected chi connectivity index (χ1v) is 3.00. The Labute approximate surface area is 70.6 Å². The summed E-state index contributed by atoms with van der Waals surface area (Å²) in [5.74, 6) is 0. The fourth-order valence-corrected chi connectivity index (χ4v) is 0.898. The molecule has 0 radical (unpaired) electrons. The number of hydrogen-bond acceptors (Lipinski definition) is 2. The highest BCUT2D eigenvalue weighted by Crippen LogP contribution is 2.06. The van der Waals surface area contributed by atoms with Crippen LogP contribution in [0.5, 0.6) is 0 Å². The van der Waals surface area contributed by atoms with Crippen molar-refractivity contribution in [2.75, 3.05) is 0 Å². The van der Waals surface area contributed by atoms with Gasteiger partial charge in [-0.1, -0.05) is 11.6 Å². The lowest BCUT2D eigenvalue weighted by molar-refractivity contribution is 0.712. The molecule has 58 valence electrons. The molecule has 0 saturated heterocycles. The summed E-state index contributed by atoms with van der Waals surface area (Å²) in [7, 11) is 1.81. The summed E-state index contributed by atoms with van der Waals surface area (Å²) in [6, 6.07) is 1.75. The van der Waals surface area contributed by atoms with Crippen molar-refractivity contribution in [3.63, 3.8) is 0 Å². The van der Waals surface area contributed by atoms with Crippen molar-refractivity contribution in [1.29, 1.82) is 0 Å². The van der Waals surface area contributed by atoms with Crippen molar-refractivity contribution < 1.29 is 0 Å². The lowest BCUT2D eigenvalue weighted by Gasteiger charge is -1.92. The van der Waals surface area contributed by atoms with E-state index in [1.165, 1.54) is 0 Å². The highest BCUT2D eigenvalue weighted by Gasteiger charge is 1.98. The van der Waals surface area contributed by atoms with Crippen LogP contribution < -0.4 is 5.73 Å². The smallest absolute Gasteiger partial charge is 0.151 e. The van der Waals surface area contributed by atoms with Crippen LogP contribution in [-0.4, -0.2) is 9.78 Å². The van der Waals surface area contributed by atoms with Gasteiger partial charge in [0.25, 0.3) is 0 Å². The van der Waals surface area contributed by atoms with E-state index >= 15 is 0 Å². The SMILES string of the molecule is Cl.Cn1nc(Cl)cc1CN. The van der Waals surface area contributed by atoms with Gasteiger partial charge in [0.05, 0.1) is 5.69 Å². The third kappa shape index (κ3) is 1.87. The zero-order chi connectivity index (χ0) is 6.85. The quantitative estimate of drug-likeness (QED) is 0.702. The Morgan fingerprint density at radius 2 is 2.40 bits per heavy atom. The average Bonchev–Trinajstić information content (AvgIpc) is 2.10. The van der Waals surface area contributed by atoms with Gasteiger partial charge in [-0.05, 0) is 6.07 Å². The van der Waals surface area contributed by atoms with Crippen LogP contribution in [0.3, 0.4) is 0 Å². The molecule has 0 atom stereocenters. The van der Waals surface area contributed by atoms with E-state index in [9.17, 15) is 0 Å². The first kappa shape index (κ1) is 9.75. The largest absolute Gasteiger partial charge is 0.325 e. The molecular weight excluding hydrogens is 173 g/mol. The van der Waals surface area contributed by atoms with Crippen molar-refractivity contribution in [2.24, 2.45) is 12.8 Å². The van der Waals surface area contributed by atoms with Gasteiger partial charge < -0.3 is 5.73 Å². The molecule has 0 amide bonds. The number of nitrogens with two attached hydrogens (primary N) is 1. The van der Waals surface area contributed by atoms with Crippen LogP contribution in [0.2, 0.25) is 5.15 Å².